The van der Waals surface area contributed by atoms with Crippen molar-refractivity contribution < 1.29 is 0 Å². The van der Waals surface area contributed by atoms with E-state index in [0.29, 0.717) is 29.6 Å². The Morgan fingerprint density at radius 3 is 2.05 bits per heavy atom. The Morgan fingerprint density at radius 2 is 1.42 bits per heavy atom. The Morgan fingerprint density at radius 1 is 0.763 bits per heavy atom. The molecule has 4 aromatic rings. The third-order valence-corrected chi connectivity index (χ3v) is 8.12. The summed E-state index contributed by atoms with van der Waals surface area (Å²) in [6.07, 6.45) is 6.35. The minimum Gasteiger partial charge on any atom is -0.299 e. The average Bonchev–Trinajstić information content (AvgIpc) is 3.36. The lowest BCUT2D eigenvalue weighted by molar-refractivity contribution is 0.286. The van der Waals surface area contributed by atoms with Crippen LogP contribution in [0.15, 0.2) is 79.1 Å². The van der Waals surface area contributed by atoms with Gasteiger partial charge in [-0.05, 0) is 89.3 Å². The Bertz CT molecular complexity index is 1320. The molecule has 0 radical (unpaired) electrons. The molecule has 0 saturated carbocycles. The van der Waals surface area contributed by atoms with Crippen LogP contribution in [0, 0.1) is 30.6 Å². The number of imidazole rings is 1. The second kappa shape index (κ2) is 12.2. The second-order valence-electron chi connectivity index (χ2n) is 12.3. The molecular formula is C36H46N2. The number of hydrogen-bond donors (Lipinski definition) is 0. The van der Waals surface area contributed by atoms with E-state index in [9.17, 15) is 0 Å². The predicted molar refractivity (Wildman–Crippen MR) is 164 cm³/mol. The minimum absolute atomic E-state index is 0.427. The summed E-state index contributed by atoms with van der Waals surface area (Å²) in [5.41, 5.74) is 9.24. The molecular weight excluding hydrogens is 460 g/mol. The first-order valence-corrected chi connectivity index (χ1v) is 14.5. The lowest BCUT2D eigenvalue weighted by atomic mass is 9.78. The minimum atomic E-state index is 0.427. The van der Waals surface area contributed by atoms with Crippen LogP contribution in [0.4, 0.5) is 0 Å². The molecule has 3 aromatic carbocycles. The molecule has 1 aromatic heterocycles. The first-order chi connectivity index (χ1) is 18.2. The fraction of sp³-hybridized carbons (Fsp3) is 0.417. The van der Waals surface area contributed by atoms with Crippen LogP contribution in [-0.2, 0) is 6.42 Å². The molecule has 0 spiro atoms. The van der Waals surface area contributed by atoms with Gasteiger partial charge >= 0.3 is 0 Å². The van der Waals surface area contributed by atoms with Crippen LogP contribution < -0.4 is 0 Å². The Kier molecular flexibility index (Phi) is 8.92. The van der Waals surface area contributed by atoms with Gasteiger partial charge in [0.15, 0.2) is 0 Å². The van der Waals surface area contributed by atoms with E-state index in [1.165, 1.54) is 39.1 Å². The molecule has 2 heteroatoms. The highest BCUT2D eigenvalue weighted by Crippen LogP contribution is 2.39. The lowest BCUT2D eigenvalue weighted by Crippen LogP contribution is -2.20. The van der Waals surface area contributed by atoms with Crippen LogP contribution in [0.2, 0.25) is 0 Å². The van der Waals surface area contributed by atoms with E-state index in [-0.39, 0.29) is 0 Å². The average molecular weight is 507 g/mol. The van der Waals surface area contributed by atoms with Gasteiger partial charge in [0.05, 0.1) is 5.69 Å². The van der Waals surface area contributed by atoms with Gasteiger partial charge in [0.25, 0.3) is 0 Å². The Labute approximate surface area is 231 Å². The highest BCUT2D eigenvalue weighted by molar-refractivity contribution is 5.71. The largest absolute Gasteiger partial charge is 0.299 e. The molecule has 38 heavy (non-hydrogen) atoms. The Balaban J connectivity index is 2.03. The van der Waals surface area contributed by atoms with Crippen LogP contribution >= 0.6 is 0 Å². The van der Waals surface area contributed by atoms with Crippen molar-refractivity contribution in [3.05, 3.63) is 95.8 Å². The molecule has 0 aliphatic rings. The summed E-state index contributed by atoms with van der Waals surface area (Å²) in [5, 5.41) is 0. The van der Waals surface area contributed by atoms with Crippen molar-refractivity contribution in [3.8, 4) is 28.2 Å². The van der Waals surface area contributed by atoms with Crippen molar-refractivity contribution in [2.75, 3.05) is 0 Å². The van der Waals surface area contributed by atoms with E-state index in [2.05, 4.69) is 133 Å². The predicted octanol–water partition coefficient (Wildman–Crippen LogP) is 10.1. The number of hydrogen-bond acceptors (Lipinski definition) is 1. The molecule has 0 N–H and O–H groups in total. The number of aromatic nitrogens is 2. The van der Waals surface area contributed by atoms with Crippen LogP contribution in [0.25, 0.3) is 28.2 Å². The highest BCUT2D eigenvalue weighted by Gasteiger charge is 2.25. The molecule has 0 fully saturated rings. The van der Waals surface area contributed by atoms with E-state index >= 15 is 0 Å². The van der Waals surface area contributed by atoms with Crippen molar-refractivity contribution in [1.82, 2.24) is 9.55 Å². The third-order valence-electron chi connectivity index (χ3n) is 8.12. The van der Waals surface area contributed by atoms with Crippen molar-refractivity contribution in [2.45, 2.75) is 74.1 Å². The molecule has 1 atom stereocenters. The van der Waals surface area contributed by atoms with E-state index in [4.69, 9.17) is 4.98 Å². The summed E-state index contributed by atoms with van der Waals surface area (Å²) in [6, 6.07) is 24.4. The zero-order chi connectivity index (χ0) is 27.4. The summed E-state index contributed by atoms with van der Waals surface area (Å²) >= 11 is 0. The molecule has 2 nitrogen and oxygen atoms in total. The zero-order valence-electron chi connectivity index (χ0n) is 24.7. The van der Waals surface area contributed by atoms with Crippen LogP contribution in [-0.4, -0.2) is 9.55 Å². The molecule has 4 rings (SSSR count). The first-order valence-electron chi connectivity index (χ1n) is 14.5. The van der Waals surface area contributed by atoms with Crippen LogP contribution in [0.3, 0.4) is 0 Å². The van der Waals surface area contributed by atoms with E-state index in [0.717, 1.165) is 18.7 Å². The first kappa shape index (κ1) is 27.9. The normalized spacial score (nSPS) is 12.7. The van der Waals surface area contributed by atoms with Crippen molar-refractivity contribution in [1.29, 1.82) is 0 Å². The molecule has 1 heterocycles. The van der Waals surface area contributed by atoms with Crippen LogP contribution in [0.1, 0.15) is 77.5 Å². The quantitative estimate of drug-likeness (QED) is 0.209. The van der Waals surface area contributed by atoms with Gasteiger partial charge in [0, 0.05) is 18.0 Å². The number of benzene rings is 3. The van der Waals surface area contributed by atoms with E-state index in [1.54, 1.807) is 0 Å². The van der Waals surface area contributed by atoms with Crippen molar-refractivity contribution in [3.63, 3.8) is 0 Å². The maximum Gasteiger partial charge on any atom is 0.144 e. The monoisotopic (exact) mass is 506 g/mol. The smallest absolute Gasteiger partial charge is 0.144 e. The molecule has 1 unspecified atom stereocenters. The second-order valence-corrected chi connectivity index (χ2v) is 12.3. The fourth-order valence-corrected chi connectivity index (χ4v) is 6.18. The van der Waals surface area contributed by atoms with Gasteiger partial charge in [0.1, 0.15) is 5.82 Å². The summed E-state index contributed by atoms with van der Waals surface area (Å²) in [6.45, 7) is 18.8. The van der Waals surface area contributed by atoms with E-state index < -0.39 is 0 Å². The van der Waals surface area contributed by atoms with Gasteiger partial charge in [-0.2, -0.15) is 0 Å². The standard InChI is InChI=1S/C36H46N2/c1-24(2)20-28(8)34-22-30(29-15-10-9-11-16-29)21-31(23-33(25(3)4)26(5)6)35(34)38-19-18-37-36(38)32-17-13-12-14-27(32)7/h9-19,21-22,24-26,28,33H,20,23H2,1-8H3. The summed E-state index contributed by atoms with van der Waals surface area (Å²) in [7, 11) is 0. The number of nitrogens with zero attached hydrogens (tertiary/aromatic N) is 2. The lowest BCUT2D eigenvalue weighted by Gasteiger charge is -2.29. The van der Waals surface area contributed by atoms with Gasteiger partial charge in [-0.15, -0.1) is 0 Å². The van der Waals surface area contributed by atoms with Gasteiger partial charge in [-0.3, -0.25) is 4.57 Å². The summed E-state index contributed by atoms with van der Waals surface area (Å²) in [4.78, 5) is 4.92. The van der Waals surface area contributed by atoms with Gasteiger partial charge in [-0.1, -0.05) is 103 Å². The maximum atomic E-state index is 4.92. The molecule has 0 amide bonds. The van der Waals surface area contributed by atoms with Gasteiger partial charge in [0.2, 0.25) is 0 Å². The molecule has 0 aliphatic heterocycles. The Hall–Kier alpha value is -3.13. The molecule has 0 aliphatic carbocycles. The topological polar surface area (TPSA) is 17.8 Å². The SMILES string of the molecule is Cc1ccccc1-c1nccn1-c1c(CC(C(C)C)C(C)C)cc(-c2ccccc2)cc1C(C)CC(C)C. The molecule has 0 bridgehead atoms. The molecule has 200 valence electrons. The van der Waals surface area contributed by atoms with Gasteiger partial charge in [-0.25, -0.2) is 4.98 Å². The molecule has 0 saturated heterocycles. The number of aryl methyl sites for hydroxylation is 1. The third kappa shape index (κ3) is 6.12. The van der Waals surface area contributed by atoms with Crippen molar-refractivity contribution in [2.24, 2.45) is 23.7 Å². The highest BCUT2D eigenvalue weighted by atomic mass is 15.1. The zero-order valence-corrected chi connectivity index (χ0v) is 24.7. The van der Waals surface area contributed by atoms with Crippen molar-refractivity contribution >= 4 is 0 Å². The summed E-state index contributed by atoms with van der Waals surface area (Å²) in [5.74, 6) is 3.89. The van der Waals surface area contributed by atoms with Crippen LogP contribution in [0.5, 0.6) is 0 Å². The maximum absolute atomic E-state index is 4.92. The summed E-state index contributed by atoms with van der Waals surface area (Å²) < 4.78 is 2.39. The van der Waals surface area contributed by atoms with E-state index in [1.807, 2.05) is 6.20 Å². The fourth-order valence-electron chi connectivity index (χ4n) is 6.18. The number of rotatable bonds is 10. The van der Waals surface area contributed by atoms with Gasteiger partial charge < -0.3 is 0 Å².